The first kappa shape index (κ1) is 9.39. The number of alkyl halides is 1. The summed E-state index contributed by atoms with van der Waals surface area (Å²) in [5.41, 5.74) is 5.05. The predicted octanol–water partition coefficient (Wildman–Crippen LogP) is -0.0561. The largest absolute Gasteiger partial charge is 0.479 e. The highest BCUT2D eigenvalue weighted by Gasteiger charge is 2.29. The van der Waals surface area contributed by atoms with Gasteiger partial charge in [0.25, 0.3) is 0 Å². The minimum absolute atomic E-state index is 0.0482. The first-order valence-corrected chi connectivity index (χ1v) is 3.03. The fourth-order valence-corrected chi connectivity index (χ4v) is 0.485. The first-order valence-electron chi connectivity index (χ1n) is 2.65. The molecule has 0 fully saturated rings. The van der Waals surface area contributed by atoms with Gasteiger partial charge in [-0.05, 0) is 6.42 Å². The van der Waals surface area contributed by atoms with Crippen LogP contribution in [-0.4, -0.2) is 22.4 Å². The van der Waals surface area contributed by atoms with Gasteiger partial charge in [0.1, 0.15) is 6.29 Å². The Morgan fingerprint density at radius 3 is 2.60 bits per heavy atom. The summed E-state index contributed by atoms with van der Waals surface area (Å²) >= 11 is 5.27. The number of halogens is 1. The van der Waals surface area contributed by atoms with Crippen molar-refractivity contribution in [2.75, 3.05) is 0 Å². The normalized spacial score (nSPS) is 15.8. The number of nitrogens with two attached hydrogens (primary N) is 1. The van der Waals surface area contributed by atoms with E-state index in [1.165, 1.54) is 0 Å². The molecule has 0 aromatic carbocycles. The molecule has 0 aliphatic carbocycles. The zero-order chi connectivity index (χ0) is 8.20. The summed E-state index contributed by atoms with van der Waals surface area (Å²) in [6, 6.07) is 0. The van der Waals surface area contributed by atoms with Gasteiger partial charge in [0.15, 0.2) is 5.00 Å². The fourth-order valence-electron chi connectivity index (χ4n) is 0.376. The van der Waals surface area contributed by atoms with E-state index in [1.807, 2.05) is 0 Å². The topological polar surface area (TPSA) is 80.4 Å². The van der Waals surface area contributed by atoms with Crippen molar-refractivity contribution in [3.05, 3.63) is 0 Å². The maximum atomic E-state index is 10.2. The highest BCUT2D eigenvalue weighted by molar-refractivity contribution is 6.33. The van der Waals surface area contributed by atoms with Gasteiger partial charge in [0.2, 0.25) is 0 Å². The second-order valence-corrected chi connectivity index (χ2v) is 2.55. The van der Waals surface area contributed by atoms with Crippen molar-refractivity contribution in [3.63, 3.8) is 0 Å². The van der Waals surface area contributed by atoms with E-state index < -0.39 is 11.0 Å². The smallest absolute Gasteiger partial charge is 0.339 e. The highest BCUT2D eigenvalue weighted by atomic mass is 35.5. The number of rotatable bonds is 4. The van der Waals surface area contributed by atoms with E-state index in [2.05, 4.69) is 0 Å². The van der Waals surface area contributed by atoms with Crippen molar-refractivity contribution in [2.24, 2.45) is 5.73 Å². The fraction of sp³-hybridized carbons (Fsp3) is 0.600. The van der Waals surface area contributed by atoms with Crippen LogP contribution in [-0.2, 0) is 9.59 Å². The van der Waals surface area contributed by atoms with E-state index in [-0.39, 0.29) is 12.8 Å². The summed E-state index contributed by atoms with van der Waals surface area (Å²) in [5.74, 6) is -1.31. The molecule has 3 N–H and O–H groups in total. The summed E-state index contributed by atoms with van der Waals surface area (Å²) in [6.07, 6.45) is 0.590. The Kier molecular flexibility index (Phi) is 3.32. The van der Waals surface area contributed by atoms with Gasteiger partial charge in [0, 0.05) is 6.42 Å². The molecule has 0 aromatic heterocycles. The van der Waals surface area contributed by atoms with E-state index in [1.54, 1.807) is 0 Å². The first-order chi connectivity index (χ1) is 4.50. The molecule has 0 aliphatic heterocycles. The molecule has 0 rings (SSSR count). The third kappa shape index (κ3) is 2.80. The highest BCUT2D eigenvalue weighted by Crippen LogP contribution is 2.13. The number of hydrogen-bond acceptors (Lipinski definition) is 3. The molecule has 0 aromatic rings. The van der Waals surface area contributed by atoms with Crippen molar-refractivity contribution >= 4 is 23.9 Å². The van der Waals surface area contributed by atoms with Crippen LogP contribution in [0.5, 0.6) is 0 Å². The number of carbonyl (C=O) groups is 2. The summed E-state index contributed by atoms with van der Waals surface area (Å²) < 4.78 is 0. The summed E-state index contributed by atoms with van der Waals surface area (Å²) in [4.78, 5) is 18.1. The molecular weight excluding hydrogens is 158 g/mol. The standard InChI is InChI=1S/C5H8ClNO3/c6-5(7,4(9)10)2-1-3-8/h3H,1-2,7H2,(H,9,10). The summed E-state index contributed by atoms with van der Waals surface area (Å²) in [6.45, 7) is 0. The van der Waals surface area contributed by atoms with Gasteiger partial charge in [0.05, 0.1) is 0 Å². The minimum Gasteiger partial charge on any atom is -0.479 e. The molecule has 0 amide bonds. The second-order valence-electron chi connectivity index (χ2n) is 1.87. The van der Waals surface area contributed by atoms with Gasteiger partial charge in [-0.2, -0.15) is 0 Å². The second kappa shape index (κ2) is 3.53. The quantitative estimate of drug-likeness (QED) is 0.348. The lowest BCUT2D eigenvalue weighted by Crippen LogP contribution is -2.42. The van der Waals surface area contributed by atoms with E-state index in [9.17, 15) is 9.59 Å². The van der Waals surface area contributed by atoms with E-state index >= 15 is 0 Å². The van der Waals surface area contributed by atoms with Gasteiger partial charge in [-0.1, -0.05) is 11.6 Å². The van der Waals surface area contributed by atoms with Crippen LogP contribution in [0.3, 0.4) is 0 Å². The summed E-state index contributed by atoms with van der Waals surface area (Å²) in [5, 5.41) is 8.30. The third-order valence-electron chi connectivity index (χ3n) is 0.982. The maximum Gasteiger partial charge on any atom is 0.339 e. The molecule has 0 radical (unpaired) electrons. The molecule has 10 heavy (non-hydrogen) atoms. The molecule has 58 valence electrons. The molecule has 0 saturated carbocycles. The van der Waals surface area contributed by atoms with Crippen molar-refractivity contribution in [3.8, 4) is 0 Å². The van der Waals surface area contributed by atoms with Crippen LogP contribution in [0.25, 0.3) is 0 Å². The molecular formula is C5H8ClNO3. The van der Waals surface area contributed by atoms with Crippen molar-refractivity contribution < 1.29 is 14.7 Å². The number of carbonyl (C=O) groups excluding carboxylic acids is 1. The van der Waals surface area contributed by atoms with E-state index in [4.69, 9.17) is 22.4 Å². The Bertz CT molecular complexity index is 146. The Morgan fingerprint density at radius 1 is 1.80 bits per heavy atom. The molecule has 1 atom stereocenters. The molecule has 0 bridgehead atoms. The van der Waals surface area contributed by atoms with Crippen LogP contribution >= 0.6 is 11.6 Å². The predicted molar refractivity (Wildman–Crippen MR) is 35.7 cm³/mol. The Labute approximate surface area is 63.0 Å². The van der Waals surface area contributed by atoms with E-state index in [0.29, 0.717) is 6.29 Å². The lowest BCUT2D eigenvalue weighted by Gasteiger charge is -2.13. The molecule has 1 unspecified atom stereocenters. The van der Waals surface area contributed by atoms with Gasteiger partial charge in [-0.15, -0.1) is 0 Å². The van der Waals surface area contributed by atoms with Gasteiger partial charge < -0.3 is 15.6 Å². The monoisotopic (exact) mass is 165 g/mol. The number of aldehydes is 1. The number of carboxylic acid groups (broad SMARTS) is 1. The molecule has 4 nitrogen and oxygen atoms in total. The number of aliphatic carboxylic acids is 1. The molecule has 0 heterocycles. The van der Waals surface area contributed by atoms with E-state index in [0.717, 1.165) is 0 Å². The minimum atomic E-state index is -1.79. The molecule has 0 spiro atoms. The lowest BCUT2D eigenvalue weighted by molar-refractivity contribution is -0.140. The molecule has 5 heteroatoms. The SMILES string of the molecule is NC(Cl)(CCC=O)C(=O)O. The van der Waals surface area contributed by atoms with Gasteiger partial charge in [-0.25, -0.2) is 4.79 Å². The molecule has 0 saturated heterocycles. The Morgan fingerprint density at radius 2 is 2.30 bits per heavy atom. The van der Waals surface area contributed by atoms with Crippen LogP contribution in [0.1, 0.15) is 12.8 Å². The van der Waals surface area contributed by atoms with Crippen molar-refractivity contribution in [2.45, 2.75) is 17.8 Å². The van der Waals surface area contributed by atoms with Crippen LogP contribution in [0.4, 0.5) is 0 Å². The van der Waals surface area contributed by atoms with Crippen LogP contribution < -0.4 is 5.73 Å². The Hall–Kier alpha value is -0.610. The third-order valence-corrected chi connectivity index (χ3v) is 1.33. The van der Waals surface area contributed by atoms with Crippen molar-refractivity contribution in [1.82, 2.24) is 0 Å². The van der Waals surface area contributed by atoms with Crippen LogP contribution in [0, 0.1) is 0 Å². The van der Waals surface area contributed by atoms with Crippen LogP contribution in [0.15, 0.2) is 0 Å². The zero-order valence-corrected chi connectivity index (χ0v) is 5.97. The average Bonchev–Trinajstić information content (AvgIpc) is 1.84. The molecule has 0 aliphatic rings. The number of hydrogen-bond donors (Lipinski definition) is 2. The zero-order valence-electron chi connectivity index (χ0n) is 5.21. The van der Waals surface area contributed by atoms with Crippen LogP contribution in [0.2, 0.25) is 0 Å². The lowest BCUT2D eigenvalue weighted by atomic mass is 10.2. The number of carboxylic acids is 1. The van der Waals surface area contributed by atoms with Gasteiger partial charge in [-0.3, -0.25) is 0 Å². The average molecular weight is 166 g/mol. The Balaban J connectivity index is 3.86. The van der Waals surface area contributed by atoms with Crippen molar-refractivity contribution in [1.29, 1.82) is 0 Å². The maximum absolute atomic E-state index is 10.2. The van der Waals surface area contributed by atoms with Gasteiger partial charge >= 0.3 is 5.97 Å². The summed E-state index contributed by atoms with van der Waals surface area (Å²) in [7, 11) is 0.